The lowest BCUT2D eigenvalue weighted by Gasteiger charge is -2.22. The van der Waals surface area contributed by atoms with Gasteiger partial charge in [-0.2, -0.15) is 0 Å². The van der Waals surface area contributed by atoms with Crippen LogP contribution in [-0.2, 0) is 9.53 Å². The predicted molar refractivity (Wildman–Crippen MR) is 82.9 cm³/mol. The molecule has 0 bridgehead atoms. The monoisotopic (exact) mass is 289 g/mol. The van der Waals surface area contributed by atoms with Gasteiger partial charge in [-0.05, 0) is 30.5 Å². The number of esters is 1. The lowest BCUT2D eigenvalue weighted by molar-refractivity contribution is -0.146. The van der Waals surface area contributed by atoms with Crippen LogP contribution in [0.3, 0.4) is 0 Å². The lowest BCUT2D eigenvalue weighted by atomic mass is 9.98. The Balaban J connectivity index is 2.76. The molecule has 1 aromatic carbocycles. The molecule has 0 heterocycles. The standard InChI is InChI=1S/C17H23NO3/c1-5-13(4)15(17(20)21-11-12(2)3)18-16(19)14-9-7-6-8-10-14/h6-10,13,15H,2,5,11H2,1,3-4H3,(H,18,19). The molecule has 0 fully saturated rings. The molecule has 0 aliphatic rings. The van der Waals surface area contributed by atoms with Crippen molar-refractivity contribution in [1.29, 1.82) is 0 Å². The zero-order valence-corrected chi connectivity index (χ0v) is 12.9. The van der Waals surface area contributed by atoms with Gasteiger partial charge < -0.3 is 10.1 Å². The summed E-state index contributed by atoms with van der Waals surface area (Å²) in [4.78, 5) is 24.3. The van der Waals surface area contributed by atoms with E-state index in [-0.39, 0.29) is 18.4 Å². The summed E-state index contributed by atoms with van der Waals surface area (Å²) in [5, 5.41) is 2.76. The molecule has 21 heavy (non-hydrogen) atoms. The molecule has 1 rings (SSSR count). The molecule has 2 unspecified atom stereocenters. The molecule has 114 valence electrons. The Morgan fingerprint density at radius 1 is 1.29 bits per heavy atom. The van der Waals surface area contributed by atoms with Gasteiger partial charge in [0.2, 0.25) is 0 Å². The van der Waals surface area contributed by atoms with Crippen LogP contribution in [0.25, 0.3) is 0 Å². The molecule has 2 atom stereocenters. The molecule has 0 aliphatic carbocycles. The second kappa shape index (κ2) is 8.25. The average molecular weight is 289 g/mol. The number of carbonyl (C=O) groups is 2. The van der Waals surface area contributed by atoms with Crippen LogP contribution in [0.1, 0.15) is 37.6 Å². The van der Waals surface area contributed by atoms with E-state index >= 15 is 0 Å². The van der Waals surface area contributed by atoms with Gasteiger partial charge in [-0.3, -0.25) is 4.79 Å². The Bertz CT molecular complexity index is 496. The van der Waals surface area contributed by atoms with Gasteiger partial charge >= 0.3 is 5.97 Å². The highest BCUT2D eigenvalue weighted by atomic mass is 16.5. The first-order chi connectivity index (χ1) is 9.95. The van der Waals surface area contributed by atoms with Gasteiger partial charge in [0.05, 0.1) is 0 Å². The molecule has 1 aromatic rings. The number of benzene rings is 1. The Morgan fingerprint density at radius 2 is 1.90 bits per heavy atom. The van der Waals surface area contributed by atoms with E-state index in [1.165, 1.54) is 0 Å². The fourth-order valence-corrected chi connectivity index (χ4v) is 1.77. The smallest absolute Gasteiger partial charge is 0.329 e. The summed E-state index contributed by atoms with van der Waals surface area (Å²) in [5.74, 6) is -0.694. The molecule has 1 N–H and O–H groups in total. The van der Waals surface area contributed by atoms with Crippen LogP contribution in [0.15, 0.2) is 42.5 Å². The maximum absolute atomic E-state index is 12.2. The van der Waals surface area contributed by atoms with E-state index in [1.807, 2.05) is 19.9 Å². The van der Waals surface area contributed by atoms with E-state index in [1.54, 1.807) is 31.2 Å². The van der Waals surface area contributed by atoms with Crippen molar-refractivity contribution >= 4 is 11.9 Å². The van der Waals surface area contributed by atoms with Gasteiger partial charge in [0.15, 0.2) is 0 Å². The van der Waals surface area contributed by atoms with Gasteiger partial charge in [-0.15, -0.1) is 0 Å². The van der Waals surface area contributed by atoms with Crippen molar-refractivity contribution in [1.82, 2.24) is 5.32 Å². The quantitative estimate of drug-likeness (QED) is 0.620. The molecule has 1 amide bonds. The number of ether oxygens (including phenoxy) is 1. The van der Waals surface area contributed by atoms with E-state index in [2.05, 4.69) is 11.9 Å². The number of amides is 1. The third kappa shape index (κ3) is 5.42. The van der Waals surface area contributed by atoms with Crippen LogP contribution in [-0.4, -0.2) is 24.5 Å². The number of hydrogen-bond acceptors (Lipinski definition) is 3. The summed E-state index contributed by atoms with van der Waals surface area (Å²) in [6.45, 7) is 9.54. The Labute approximate surface area is 126 Å². The molecule has 0 aromatic heterocycles. The van der Waals surface area contributed by atoms with Crippen LogP contribution in [0.2, 0.25) is 0 Å². The van der Waals surface area contributed by atoms with Crippen LogP contribution < -0.4 is 5.32 Å². The number of hydrogen-bond donors (Lipinski definition) is 1. The zero-order valence-electron chi connectivity index (χ0n) is 12.9. The molecular formula is C17H23NO3. The second-order valence-corrected chi connectivity index (χ2v) is 5.27. The molecule has 0 aliphatic heterocycles. The lowest BCUT2D eigenvalue weighted by Crippen LogP contribution is -2.46. The topological polar surface area (TPSA) is 55.4 Å². The Hall–Kier alpha value is -2.10. The van der Waals surface area contributed by atoms with Crippen molar-refractivity contribution in [3.63, 3.8) is 0 Å². The first-order valence-electron chi connectivity index (χ1n) is 7.12. The molecule has 4 nitrogen and oxygen atoms in total. The fraction of sp³-hybridized carbons (Fsp3) is 0.412. The number of nitrogens with one attached hydrogen (secondary N) is 1. The third-order valence-corrected chi connectivity index (χ3v) is 3.25. The summed E-state index contributed by atoms with van der Waals surface area (Å²) >= 11 is 0. The van der Waals surface area contributed by atoms with Gasteiger partial charge in [0, 0.05) is 5.56 Å². The van der Waals surface area contributed by atoms with E-state index in [0.717, 1.165) is 12.0 Å². The largest absolute Gasteiger partial charge is 0.460 e. The van der Waals surface area contributed by atoms with Crippen LogP contribution >= 0.6 is 0 Å². The van der Waals surface area contributed by atoms with Crippen molar-refractivity contribution < 1.29 is 14.3 Å². The molecule has 0 radical (unpaired) electrons. The highest BCUT2D eigenvalue weighted by Gasteiger charge is 2.27. The van der Waals surface area contributed by atoms with Crippen LogP contribution in [0, 0.1) is 5.92 Å². The summed E-state index contributed by atoms with van der Waals surface area (Å²) in [6, 6.07) is 8.18. The Morgan fingerprint density at radius 3 is 2.43 bits per heavy atom. The summed E-state index contributed by atoms with van der Waals surface area (Å²) < 4.78 is 5.17. The number of rotatable bonds is 7. The molecule has 0 saturated carbocycles. The van der Waals surface area contributed by atoms with E-state index < -0.39 is 12.0 Å². The molecule has 4 heteroatoms. The van der Waals surface area contributed by atoms with Gasteiger partial charge in [-0.25, -0.2) is 4.79 Å². The van der Waals surface area contributed by atoms with Crippen molar-refractivity contribution in [2.45, 2.75) is 33.2 Å². The van der Waals surface area contributed by atoms with Crippen molar-refractivity contribution in [3.05, 3.63) is 48.0 Å². The van der Waals surface area contributed by atoms with Crippen LogP contribution in [0.5, 0.6) is 0 Å². The van der Waals surface area contributed by atoms with E-state index in [4.69, 9.17) is 4.74 Å². The summed E-state index contributed by atoms with van der Waals surface area (Å²) in [7, 11) is 0. The highest BCUT2D eigenvalue weighted by molar-refractivity contribution is 5.96. The molecular weight excluding hydrogens is 266 g/mol. The predicted octanol–water partition coefficient (Wildman–Crippen LogP) is 2.95. The first kappa shape index (κ1) is 17.0. The normalized spacial score (nSPS) is 13.1. The highest BCUT2D eigenvalue weighted by Crippen LogP contribution is 2.11. The van der Waals surface area contributed by atoms with Gasteiger partial charge in [-0.1, -0.05) is 45.0 Å². The molecule has 0 saturated heterocycles. The van der Waals surface area contributed by atoms with Crippen LogP contribution in [0.4, 0.5) is 0 Å². The molecule has 0 spiro atoms. The maximum Gasteiger partial charge on any atom is 0.329 e. The van der Waals surface area contributed by atoms with E-state index in [9.17, 15) is 9.59 Å². The van der Waals surface area contributed by atoms with Crippen molar-refractivity contribution in [2.75, 3.05) is 6.61 Å². The van der Waals surface area contributed by atoms with Crippen molar-refractivity contribution in [2.24, 2.45) is 5.92 Å². The SMILES string of the molecule is C=C(C)COC(=O)C(NC(=O)c1ccccc1)C(C)CC. The van der Waals surface area contributed by atoms with Gasteiger partial charge in [0.25, 0.3) is 5.91 Å². The summed E-state index contributed by atoms with van der Waals surface area (Å²) in [6.07, 6.45) is 0.766. The summed E-state index contributed by atoms with van der Waals surface area (Å²) in [5.41, 5.74) is 1.29. The number of carbonyl (C=O) groups excluding carboxylic acids is 2. The zero-order chi connectivity index (χ0) is 15.8. The fourth-order valence-electron chi connectivity index (χ4n) is 1.77. The second-order valence-electron chi connectivity index (χ2n) is 5.27. The first-order valence-corrected chi connectivity index (χ1v) is 7.12. The third-order valence-electron chi connectivity index (χ3n) is 3.25. The average Bonchev–Trinajstić information content (AvgIpc) is 2.50. The Kier molecular flexibility index (Phi) is 6.66. The maximum atomic E-state index is 12.2. The van der Waals surface area contributed by atoms with E-state index in [0.29, 0.717) is 5.56 Å². The minimum absolute atomic E-state index is 0.00437. The minimum atomic E-state index is -0.651. The van der Waals surface area contributed by atoms with Crippen molar-refractivity contribution in [3.8, 4) is 0 Å². The van der Waals surface area contributed by atoms with Gasteiger partial charge in [0.1, 0.15) is 12.6 Å². The minimum Gasteiger partial charge on any atom is -0.460 e.